The molecule has 0 bridgehead atoms. The summed E-state index contributed by atoms with van der Waals surface area (Å²) in [6, 6.07) is 3.15. The molecule has 0 radical (unpaired) electrons. The Labute approximate surface area is 107 Å². The lowest BCUT2D eigenvalue weighted by Crippen LogP contribution is -2.14. The second-order valence-electron chi connectivity index (χ2n) is 4.13. The molecule has 0 aliphatic rings. The fourth-order valence-corrected chi connectivity index (χ4v) is 2.02. The molecule has 6 heteroatoms. The first-order valence-corrected chi connectivity index (χ1v) is 5.65. The molecule has 0 saturated heterocycles. The van der Waals surface area contributed by atoms with Crippen LogP contribution in [0.15, 0.2) is 43.0 Å². The molecule has 0 saturated carbocycles. The van der Waals surface area contributed by atoms with Crippen LogP contribution in [0.3, 0.4) is 0 Å². The van der Waals surface area contributed by atoms with E-state index in [1.54, 1.807) is 23.1 Å². The van der Waals surface area contributed by atoms with Crippen LogP contribution >= 0.6 is 0 Å². The lowest BCUT2D eigenvalue weighted by Gasteiger charge is -2.12. The lowest BCUT2D eigenvalue weighted by molar-refractivity contribution is 0.494. The Hall–Kier alpha value is -2.34. The Balaban J connectivity index is 2.13. The highest BCUT2D eigenvalue weighted by molar-refractivity contribution is 5.55. The molecule has 1 aromatic carbocycles. The predicted molar refractivity (Wildman–Crippen MR) is 65.4 cm³/mol. The molecule has 1 atom stereocenters. The van der Waals surface area contributed by atoms with Crippen LogP contribution in [-0.2, 0) is 0 Å². The van der Waals surface area contributed by atoms with Crippen LogP contribution in [0.1, 0.15) is 17.2 Å². The first-order valence-electron chi connectivity index (χ1n) is 5.65. The molecule has 4 nitrogen and oxygen atoms in total. The Bertz CT molecular complexity index is 738. The number of fused-ring (bicyclic) bond motifs is 1. The third-order valence-electron chi connectivity index (χ3n) is 3.01. The number of hydrogen-bond acceptors (Lipinski definition) is 3. The van der Waals surface area contributed by atoms with E-state index in [1.807, 2.05) is 0 Å². The van der Waals surface area contributed by atoms with Gasteiger partial charge in [-0.3, -0.25) is 4.98 Å². The number of nitrogens with zero attached hydrogens (tertiary/aromatic N) is 3. The molecule has 2 aromatic heterocycles. The molecule has 96 valence electrons. The summed E-state index contributed by atoms with van der Waals surface area (Å²) < 4.78 is 28.6. The second-order valence-corrected chi connectivity index (χ2v) is 4.13. The van der Waals surface area contributed by atoms with Crippen molar-refractivity contribution in [2.24, 2.45) is 5.73 Å². The zero-order valence-corrected chi connectivity index (χ0v) is 9.79. The molecular formula is C13H10F2N4. The highest BCUT2D eigenvalue weighted by Crippen LogP contribution is 2.26. The van der Waals surface area contributed by atoms with Gasteiger partial charge in [-0.25, -0.2) is 13.3 Å². The number of aromatic nitrogens is 3. The van der Waals surface area contributed by atoms with E-state index >= 15 is 0 Å². The van der Waals surface area contributed by atoms with Crippen LogP contribution < -0.4 is 5.73 Å². The minimum Gasteiger partial charge on any atom is -0.320 e. The van der Waals surface area contributed by atoms with Crippen molar-refractivity contribution in [2.75, 3.05) is 0 Å². The van der Waals surface area contributed by atoms with E-state index in [0.717, 1.165) is 6.07 Å². The van der Waals surface area contributed by atoms with Crippen LogP contribution in [0, 0.1) is 11.6 Å². The molecule has 3 rings (SSSR count). The fraction of sp³-hybridized carbons (Fsp3) is 0.0769. The summed E-state index contributed by atoms with van der Waals surface area (Å²) in [4.78, 5) is 3.98. The highest BCUT2D eigenvalue weighted by Gasteiger charge is 2.19. The van der Waals surface area contributed by atoms with E-state index in [2.05, 4.69) is 10.1 Å². The summed E-state index contributed by atoms with van der Waals surface area (Å²) >= 11 is 0. The maximum absolute atomic E-state index is 13.7. The van der Waals surface area contributed by atoms with Crippen molar-refractivity contribution in [3.8, 4) is 0 Å². The molecule has 2 heterocycles. The average molecular weight is 260 g/mol. The van der Waals surface area contributed by atoms with Gasteiger partial charge in [0.05, 0.1) is 24.0 Å². The molecule has 0 spiro atoms. The summed E-state index contributed by atoms with van der Waals surface area (Å²) in [5.41, 5.74) is 7.37. The first kappa shape index (κ1) is 11.7. The monoisotopic (exact) mass is 260 g/mol. The summed E-state index contributed by atoms with van der Waals surface area (Å²) in [5.74, 6) is -1.85. The topological polar surface area (TPSA) is 56.2 Å². The minimum absolute atomic E-state index is 0.0961. The van der Waals surface area contributed by atoms with E-state index in [4.69, 9.17) is 5.73 Å². The second kappa shape index (κ2) is 4.40. The maximum atomic E-state index is 13.7. The molecule has 1 unspecified atom stereocenters. The van der Waals surface area contributed by atoms with Gasteiger partial charge >= 0.3 is 0 Å². The summed E-state index contributed by atoms with van der Waals surface area (Å²) in [6.07, 6.45) is 6.36. The fourth-order valence-electron chi connectivity index (χ4n) is 2.02. The van der Waals surface area contributed by atoms with Crippen LogP contribution in [-0.4, -0.2) is 14.6 Å². The van der Waals surface area contributed by atoms with Crippen LogP contribution in [0.5, 0.6) is 0 Å². The molecule has 3 aromatic rings. The van der Waals surface area contributed by atoms with Gasteiger partial charge in [0, 0.05) is 23.5 Å². The Kier molecular flexibility index (Phi) is 2.72. The van der Waals surface area contributed by atoms with Gasteiger partial charge in [0.25, 0.3) is 0 Å². The molecule has 0 aliphatic carbocycles. The zero-order chi connectivity index (χ0) is 13.4. The predicted octanol–water partition coefficient (Wildman–Crippen LogP) is 2.06. The number of benzene rings is 1. The Morgan fingerprint density at radius 1 is 1.16 bits per heavy atom. The molecule has 0 aliphatic heterocycles. The van der Waals surface area contributed by atoms with Crippen molar-refractivity contribution in [2.45, 2.75) is 6.04 Å². The number of rotatable bonds is 2. The standard InChI is InChI=1S/C13H10F2N4/c14-10-3-1-2-8(12(10)15)13(16)9-6-18-19-5-4-17-7-11(9)19/h1-7,13H,16H2. The van der Waals surface area contributed by atoms with Crippen molar-refractivity contribution < 1.29 is 8.78 Å². The van der Waals surface area contributed by atoms with Gasteiger partial charge in [0.2, 0.25) is 0 Å². The van der Waals surface area contributed by atoms with Gasteiger partial charge in [-0.1, -0.05) is 12.1 Å². The first-order chi connectivity index (χ1) is 9.18. The van der Waals surface area contributed by atoms with Gasteiger partial charge < -0.3 is 5.73 Å². The highest BCUT2D eigenvalue weighted by atomic mass is 19.2. The molecule has 0 amide bonds. The Morgan fingerprint density at radius 2 is 2.00 bits per heavy atom. The number of halogens is 2. The number of nitrogens with two attached hydrogens (primary N) is 1. The van der Waals surface area contributed by atoms with E-state index in [1.165, 1.54) is 18.3 Å². The van der Waals surface area contributed by atoms with Crippen molar-refractivity contribution in [1.82, 2.24) is 14.6 Å². The van der Waals surface area contributed by atoms with Gasteiger partial charge in [0.15, 0.2) is 11.6 Å². The largest absolute Gasteiger partial charge is 0.320 e. The smallest absolute Gasteiger partial charge is 0.163 e. The SMILES string of the molecule is NC(c1cccc(F)c1F)c1cnn2ccncc12. The normalized spacial score (nSPS) is 12.8. The lowest BCUT2D eigenvalue weighted by atomic mass is 10.0. The van der Waals surface area contributed by atoms with Crippen molar-refractivity contribution in [1.29, 1.82) is 0 Å². The quantitative estimate of drug-likeness (QED) is 0.767. The average Bonchev–Trinajstić information content (AvgIpc) is 2.85. The van der Waals surface area contributed by atoms with E-state index in [9.17, 15) is 8.78 Å². The van der Waals surface area contributed by atoms with Gasteiger partial charge in [-0.15, -0.1) is 0 Å². The minimum atomic E-state index is -0.932. The zero-order valence-electron chi connectivity index (χ0n) is 9.79. The number of hydrogen-bond donors (Lipinski definition) is 1. The van der Waals surface area contributed by atoms with Gasteiger partial charge in [-0.05, 0) is 6.07 Å². The third-order valence-corrected chi connectivity index (χ3v) is 3.01. The summed E-state index contributed by atoms with van der Waals surface area (Å²) in [7, 11) is 0. The van der Waals surface area contributed by atoms with E-state index in [0.29, 0.717) is 11.1 Å². The third kappa shape index (κ3) is 1.86. The van der Waals surface area contributed by atoms with E-state index in [-0.39, 0.29) is 5.56 Å². The maximum Gasteiger partial charge on any atom is 0.163 e. The molecule has 0 fully saturated rings. The van der Waals surface area contributed by atoms with Gasteiger partial charge in [0.1, 0.15) is 0 Å². The van der Waals surface area contributed by atoms with Crippen LogP contribution in [0.4, 0.5) is 8.78 Å². The summed E-state index contributed by atoms with van der Waals surface area (Å²) in [5, 5.41) is 4.10. The molecule has 19 heavy (non-hydrogen) atoms. The Morgan fingerprint density at radius 3 is 2.84 bits per heavy atom. The van der Waals surface area contributed by atoms with Crippen molar-refractivity contribution >= 4 is 5.52 Å². The summed E-state index contributed by atoms with van der Waals surface area (Å²) in [6.45, 7) is 0. The van der Waals surface area contributed by atoms with Crippen LogP contribution in [0.2, 0.25) is 0 Å². The van der Waals surface area contributed by atoms with Crippen molar-refractivity contribution in [3.63, 3.8) is 0 Å². The molecule has 2 N–H and O–H groups in total. The van der Waals surface area contributed by atoms with Gasteiger partial charge in [-0.2, -0.15) is 5.10 Å². The van der Waals surface area contributed by atoms with Crippen LogP contribution in [0.25, 0.3) is 5.52 Å². The molecular weight excluding hydrogens is 250 g/mol. The van der Waals surface area contributed by atoms with Crippen molar-refractivity contribution in [3.05, 3.63) is 65.7 Å². The van der Waals surface area contributed by atoms with E-state index < -0.39 is 17.7 Å².